The van der Waals surface area contributed by atoms with Crippen molar-refractivity contribution < 1.29 is 0 Å². The van der Waals surface area contributed by atoms with Gasteiger partial charge in [-0.2, -0.15) is 0 Å². The minimum Gasteiger partial charge on any atom is -0.329 e. The smallest absolute Gasteiger partial charge is 0.248 e. The summed E-state index contributed by atoms with van der Waals surface area (Å²) < 4.78 is 0. The Morgan fingerprint density at radius 3 is 3.20 bits per heavy atom. The minimum atomic E-state index is -0.00226. The maximum Gasteiger partial charge on any atom is 0.248 e. The maximum absolute atomic E-state index is 11.1. The summed E-state index contributed by atoms with van der Waals surface area (Å²) in [4.78, 5) is 16.2. The first-order valence-corrected chi connectivity index (χ1v) is 5.64. The Morgan fingerprint density at radius 2 is 2.47 bits per heavy atom. The van der Waals surface area contributed by atoms with Crippen LogP contribution in [-0.2, 0) is 6.54 Å². The molecule has 2 rings (SSSR count). The average Bonchev–Trinajstić information content (AvgIpc) is 2.17. The number of aromatic amines is 1. The van der Waals surface area contributed by atoms with Gasteiger partial charge in [-0.1, -0.05) is 6.92 Å². The van der Waals surface area contributed by atoms with E-state index in [2.05, 4.69) is 16.8 Å². The molecule has 0 radical (unpaired) electrons. The third kappa shape index (κ3) is 2.93. The van der Waals surface area contributed by atoms with Crippen molar-refractivity contribution in [3.8, 4) is 0 Å². The third-order valence-electron chi connectivity index (χ3n) is 2.99. The number of nitrogens with one attached hydrogen (secondary N) is 1. The molecule has 0 spiro atoms. The monoisotopic (exact) mass is 206 g/mol. The molecular formula is C12H18N2O. The summed E-state index contributed by atoms with van der Waals surface area (Å²) in [5, 5.41) is 0. The van der Waals surface area contributed by atoms with Gasteiger partial charge in [0.05, 0.1) is 0 Å². The molecule has 1 aromatic rings. The van der Waals surface area contributed by atoms with Gasteiger partial charge in [-0.25, -0.2) is 0 Å². The number of hydrogen-bond donors (Lipinski definition) is 1. The third-order valence-corrected chi connectivity index (χ3v) is 2.99. The number of hydrogen-bond acceptors (Lipinski definition) is 2. The average molecular weight is 206 g/mol. The van der Waals surface area contributed by atoms with Crippen LogP contribution in [0.4, 0.5) is 0 Å². The van der Waals surface area contributed by atoms with Gasteiger partial charge in [0.15, 0.2) is 0 Å². The molecule has 3 nitrogen and oxygen atoms in total. The highest BCUT2D eigenvalue weighted by Gasteiger charge is 2.15. The first-order valence-electron chi connectivity index (χ1n) is 5.64. The van der Waals surface area contributed by atoms with Crippen molar-refractivity contribution in [2.45, 2.75) is 26.3 Å². The first-order chi connectivity index (χ1) is 7.24. The molecule has 1 unspecified atom stereocenters. The van der Waals surface area contributed by atoms with E-state index in [0.29, 0.717) is 0 Å². The number of nitrogens with zero attached hydrogens (tertiary/aromatic N) is 1. The molecule has 0 aromatic carbocycles. The second kappa shape index (κ2) is 4.62. The second-order valence-electron chi connectivity index (χ2n) is 4.54. The Labute approximate surface area is 90.1 Å². The first kappa shape index (κ1) is 10.4. The van der Waals surface area contributed by atoms with Gasteiger partial charge >= 0.3 is 0 Å². The van der Waals surface area contributed by atoms with Crippen molar-refractivity contribution in [3.63, 3.8) is 0 Å². The Balaban J connectivity index is 1.99. The van der Waals surface area contributed by atoms with Gasteiger partial charge in [-0.15, -0.1) is 0 Å². The van der Waals surface area contributed by atoms with E-state index in [1.807, 2.05) is 6.07 Å². The van der Waals surface area contributed by atoms with E-state index in [9.17, 15) is 4.79 Å². The van der Waals surface area contributed by atoms with E-state index in [-0.39, 0.29) is 5.56 Å². The lowest BCUT2D eigenvalue weighted by Crippen LogP contribution is -2.33. The lowest BCUT2D eigenvalue weighted by Gasteiger charge is -2.30. The molecule has 1 fully saturated rings. The zero-order valence-corrected chi connectivity index (χ0v) is 9.20. The molecule has 0 bridgehead atoms. The fourth-order valence-electron chi connectivity index (χ4n) is 2.28. The molecule has 0 saturated carbocycles. The van der Waals surface area contributed by atoms with Crippen molar-refractivity contribution in [3.05, 3.63) is 34.2 Å². The lowest BCUT2D eigenvalue weighted by atomic mass is 10.00. The highest BCUT2D eigenvalue weighted by Crippen LogP contribution is 2.16. The maximum atomic E-state index is 11.1. The Bertz CT molecular complexity index is 372. The zero-order chi connectivity index (χ0) is 10.7. The van der Waals surface area contributed by atoms with Crippen LogP contribution in [0.15, 0.2) is 23.1 Å². The molecular weight excluding hydrogens is 188 g/mol. The zero-order valence-electron chi connectivity index (χ0n) is 9.20. The van der Waals surface area contributed by atoms with Crippen LogP contribution in [0, 0.1) is 5.92 Å². The number of H-pyrrole nitrogens is 1. The molecule has 1 aliphatic heterocycles. The van der Waals surface area contributed by atoms with E-state index in [1.54, 1.807) is 12.3 Å². The van der Waals surface area contributed by atoms with Crippen LogP contribution >= 0.6 is 0 Å². The molecule has 0 amide bonds. The van der Waals surface area contributed by atoms with Crippen LogP contribution in [-0.4, -0.2) is 23.0 Å². The Kier molecular flexibility index (Phi) is 3.21. The van der Waals surface area contributed by atoms with E-state index in [1.165, 1.54) is 12.8 Å². The van der Waals surface area contributed by atoms with Gasteiger partial charge in [-0.05, 0) is 36.9 Å². The van der Waals surface area contributed by atoms with Crippen LogP contribution in [0.3, 0.4) is 0 Å². The van der Waals surface area contributed by atoms with Gasteiger partial charge < -0.3 is 4.98 Å². The van der Waals surface area contributed by atoms with Crippen LogP contribution in [0.25, 0.3) is 0 Å². The molecule has 1 atom stereocenters. The number of rotatable bonds is 2. The summed E-state index contributed by atoms with van der Waals surface area (Å²) in [6.07, 6.45) is 4.35. The van der Waals surface area contributed by atoms with Gasteiger partial charge in [0.25, 0.3) is 0 Å². The summed E-state index contributed by atoms with van der Waals surface area (Å²) in [6, 6.07) is 3.68. The van der Waals surface area contributed by atoms with E-state index >= 15 is 0 Å². The van der Waals surface area contributed by atoms with Crippen LogP contribution in [0.5, 0.6) is 0 Å². The SMILES string of the molecule is CC1CCCN(Cc2cc[nH]c(=O)c2)C1. The molecule has 3 heteroatoms. The standard InChI is InChI=1S/C12H18N2O/c1-10-3-2-6-14(8-10)9-11-4-5-13-12(15)7-11/h4-5,7,10H,2-3,6,8-9H2,1H3,(H,13,15). The second-order valence-corrected chi connectivity index (χ2v) is 4.54. The van der Waals surface area contributed by atoms with Crippen molar-refractivity contribution in [2.75, 3.05) is 13.1 Å². The Hall–Kier alpha value is -1.09. The number of pyridine rings is 1. The lowest BCUT2D eigenvalue weighted by molar-refractivity contribution is 0.176. The van der Waals surface area contributed by atoms with Crippen molar-refractivity contribution >= 4 is 0 Å². The molecule has 15 heavy (non-hydrogen) atoms. The summed E-state index contributed by atoms with van der Waals surface area (Å²) in [5.41, 5.74) is 1.12. The fraction of sp³-hybridized carbons (Fsp3) is 0.583. The normalized spacial score (nSPS) is 22.9. The van der Waals surface area contributed by atoms with Crippen molar-refractivity contribution in [2.24, 2.45) is 5.92 Å². The van der Waals surface area contributed by atoms with E-state index in [0.717, 1.165) is 31.1 Å². The summed E-state index contributed by atoms with van der Waals surface area (Å²) >= 11 is 0. The summed E-state index contributed by atoms with van der Waals surface area (Å²) in [7, 11) is 0. The van der Waals surface area contributed by atoms with Crippen molar-refractivity contribution in [1.29, 1.82) is 0 Å². The number of likely N-dealkylation sites (tertiary alicyclic amines) is 1. The molecule has 1 aromatic heterocycles. The molecule has 82 valence electrons. The molecule has 1 N–H and O–H groups in total. The summed E-state index contributed by atoms with van der Waals surface area (Å²) in [6.45, 7) is 5.53. The highest BCUT2D eigenvalue weighted by molar-refractivity contribution is 5.09. The van der Waals surface area contributed by atoms with Crippen molar-refractivity contribution in [1.82, 2.24) is 9.88 Å². The van der Waals surface area contributed by atoms with E-state index in [4.69, 9.17) is 0 Å². The van der Waals surface area contributed by atoms with Gasteiger partial charge in [-0.3, -0.25) is 9.69 Å². The predicted octanol–water partition coefficient (Wildman–Crippen LogP) is 1.61. The minimum absolute atomic E-state index is 0.00226. The van der Waals surface area contributed by atoms with Crippen LogP contribution < -0.4 is 5.56 Å². The Morgan fingerprint density at radius 1 is 1.60 bits per heavy atom. The fourth-order valence-corrected chi connectivity index (χ4v) is 2.28. The topological polar surface area (TPSA) is 36.1 Å². The van der Waals surface area contributed by atoms with Gasteiger partial charge in [0, 0.05) is 25.4 Å². The molecule has 1 saturated heterocycles. The van der Waals surface area contributed by atoms with Gasteiger partial charge in [0.1, 0.15) is 0 Å². The summed E-state index contributed by atoms with van der Waals surface area (Å²) in [5.74, 6) is 0.792. The number of piperidine rings is 1. The van der Waals surface area contributed by atoms with Crippen LogP contribution in [0.2, 0.25) is 0 Å². The molecule has 1 aliphatic rings. The van der Waals surface area contributed by atoms with E-state index < -0.39 is 0 Å². The highest BCUT2D eigenvalue weighted by atomic mass is 16.1. The van der Waals surface area contributed by atoms with Crippen LogP contribution in [0.1, 0.15) is 25.3 Å². The quantitative estimate of drug-likeness (QED) is 0.798. The number of aromatic nitrogens is 1. The van der Waals surface area contributed by atoms with Gasteiger partial charge in [0.2, 0.25) is 5.56 Å². The molecule has 2 heterocycles. The molecule has 0 aliphatic carbocycles. The largest absolute Gasteiger partial charge is 0.329 e. The predicted molar refractivity (Wildman–Crippen MR) is 60.7 cm³/mol.